The molecule has 1 aromatic heterocycles. The zero-order valence-electron chi connectivity index (χ0n) is 14.8. The molecule has 3 nitrogen and oxygen atoms in total. The van der Waals surface area contributed by atoms with E-state index in [0.717, 1.165) is 17.7 Å². The van der Waals surface area contributed by atoms with Crippen LogP contribution in [-0.2, 0) is 6.54 Å². The number of thiophene rings is 1. The molecule has 6 heteroatoms. The van der Waals surface area contributed by atoms with Crippen molar-refractivity contribution in [3.05, 3.63) is 70.6 Å². The molecule has 1 aliphatic rings. The van der Waals surface area contributed by atoms with E-state index in [1.807, 2.05) is 17.0 Å². The molecular formula is C21H20F2N2OS. The van der Waals surface area contributed by atoms with Crippen molar-refractivity contribution in [2.45, 2.75) is 13.0 Å². The molecule has 2 heterocycles. The standard InChI is InChI=1S/C21H20F2N2OS/c22-17-6-2-1-5-15(17)14-24-9-4-10-25(12-11-24)21(26)20-13-16-18(23)7-3-8-19(16)27-20/h1-3,5-8,13H,4,9-12,14H2. The zero-order valence-corrected chi connectivity index (χ0v) is 15.6. The second-order valence-electron chi connectivity index (χ2n) is 6.78. The van der Waals surface area contributed by atoms with Gasteiger partial charge in [0, 0.05) is 48.4 Å². The van der Waals surface area contributed by atoms with Crippen LogP contribution in [-0.4, -0.2) is 41.9 Å². The summed E-state index contributed by atoms with van der Waals surface area (Å²) in [7, 11) is 0. The predicted octanol–water partition coefficient (Wildman–Crippen LogP) is 4.53. The predicted molar refractivity (Wildman–Crippen MR) is 104 cm³/mol. The Bertz CT molecular complexity index is 972. The van der Waals surface area contributed by atoms with Gasteiger partial charge in [0.05, 0.1) is 4.88 Å². The number of rotatable bonds is 3. The van der Waals surface area contributed by atoms with Crippen molar-refractivity contribution in [2.75, 3.05) is 26.2 Å². The maximum Gasteiger partial charge on any atom is 0.264 e. The van der Waals surface area contributed by atoms with Crippen molar-refractivity contribution < 1.29 is 13.6 Å². The second-order valence-corrected chi connectivity index (χ2v) is 7.86. The summed E-state index contributed by atoms with van der Waals surface area (Å²) in [5, 5.41) is 0.502. The molecule has 0 unspecified atom stereocenters. The summed E-state index contributed by atoms with van der Waals surface area (Å²) in [5.74, 6) is -0.542. The van der Waals surface area contributed by atoms with Gasteiger partial charge in [-0.25, -0.2) is 8.78 Å². The van der Waals surface area contributed by atoms with Gasteiger partial charge in [0.15, 0.2) is 0 Å². The van der Waals surface area contributed by atoms with Gasteiger partial charge in [-0.3, -0.25) is 9.69 Å². The fourth-order valence-electron chi connectivity index (χ4n) is 3.49. The van der Waals surface area contributed by atoms with Crippen molar-refractivity contribution in [1.82, 2.24) is 9.80 Å². The molecule has 0 N–H and O–H groups in total. The van der Waals surface area contributed by atoms with Crippen LogP contribution in [0.1, 0.15) is 21.7 Å². The van der Waals surface area contributed by atoms with Gasteiger partial charge < -0.3 is 4.90 Å². The summed E-state index contributed by atoms with van der Waals surface area (Å²) in [5.41, 5.74) is 0.678. The van der Waals surface area contributed by atoms with Crippen LogP contribution < -0.4 is 0 Å². The minimum absolute atomic E-state index is 0.0525. The lowest BCUT2D eigenvalue weighted by molar-refractivity contribution is 0.0766. The Hall–Kier alpha value is -2.31. The Kier molecular flexibility index (Phi) is 5.18. The van der Waals surface area contributed by atoms with E-state index in [9.17, 15) is 13.6 Å². The van der Waals surface area contributed by atoms with E-state index in [4.69, 9.17) is 0 Å². The molecular weight excluding hydrogens is 366 g/mol. The van der Waals surface area contributed by atoms with Crippen molar-refractivity contribution in [3.63, 3.8) is 0 Å². The van der Waals surface area contributed by atoms with E-state index in [1.54, 1.807) is 24.3 Å². The first-order valence-electron chi connectivity index (χ1n) is 9.05. The number of hydrogen-bond donors (Lipinski definition) is 0. The van der Waals surface area contributed by atoms with Crippen molar-refractivity contribution >= 4 is 27.3 Å². The third-order valence-electron chi connectivity index (χ3n) is 4.95. The number of hydrogen-bond acceptors (Lipinski definition) is 3. The fraction of sp³-hybridized carbons (Fsp3) is 0.286. The topological polar surface area (TPSA) is 23.6 Å². The number of carbonyl (C=O) groups is 1. The monoisotopic (exact) mass is 386 g/mol. The molecule has 3 aromatic rings. The average molecular weight is 386 g/mol. The molecule has 1 aliphatic heterocycles. The molecule has 4 rings (SSSR count). The minimum Gasteiger partial charge on any atom is -0.337 e. The first-order valence-corrected chi connectivity index (χ1v) is 9.86. The third-order valence-corrected chi connectivity index (χ3v) is 6.03. The third kappa shape index (κ3) is 3.87. The first-order chi connectivity index (χ1) is 13.1. The molecule has 0 saturated carbocycles. The highest BCUT2D eigenvalue weighted by Crippen LogP contribution is 2.28. The molecule has 0 atom stereocenters. The van der Waals surface area contributed by atoms with Gasteiger partial charge in [-0.05, 0) is 30.7 Å². The van der Waals surface area contributed by atoms with Crippen LogP contribution >= 0.6 is 11.3 Å². The maximum absolute atomic E-state index is 13.9. The lowest BCUT2D eigenvalue weighted by atomic mass is 10.2. The van der Waals surface area contributed by atoms with Crippen LogP contribution in [0.2, 0.25) is 0 Å². The molecule has 0 bridgehead atoms. The van der Waals surface area contributed by atoms with Gasteiger partial charge in [0.25, 0.3) is 5.91 Å². The van der Waals surface area contributed by atoms with Crippen molar-refractivity contribution in [3.8, 4) is 0 Å². The quantitative estimate of drug-likeness (QED) is 0.660. The van der Waals surface area contributed by atoms with Gasteiger partial charge in [0.2, 0.25) is 0 Å². The van der Waals surface area contributed by atoms with Crippen LogP contribution in [0.15, 0.2) is 48.5 Å². The minimum atomic E-state index is -0.297. The maximum atomic E-state index is 13.9. The Balaban J connectivity index is 1.45. The number of benzene rings is 2. The Morgan fingerprint density at radius 2 is 1.78 bits per heavy atom. The van der Waals surface area contributed by atoms with E-state index >= 15 is 0 Å². The molecule has 0 radical (unpaired) electrons. The first kappa shape index (κ1) is 18.1. The highest BCUT2D eigenvalue weighted by Gasteiger charge is 2.22. The van der Waals surface area contributed by atoms with E-state index in [1.165, 1.54) is 23.5 Å². The highest BCUT2D eigenvalue weighted by molar-refractivity contribution is 7.20. The van der Waals surface area contributed by atoms with Crippen LogP contribution in [0.4, 0.5) is 8.78 Å². The van der Waals surface area contributed by atoms with Crippen LogP contribution in [0, 0.1) is 11.6 Å². The van der Waals surface area contributed by atoms with Crippen molar-refractivity contribution in [2.24, 2.45) is 0 Å². The van der Waals surface area contributed by atoms with Crippen LogP contribution in [0.25, 0.3) is 10.1 Å². The zero-order chi connectivity index (χ0) is 18.8. The summed E-state index contributed by atoms with van der Waals surface area (Å²) in [6.45, 7) is 3.30. The van der Waals surface area contributed by atoms with E-state index < -0.39 is 0 Å². The summed E-state index contributed by atoms with van der Waals surface area (Å²) in [6, 6.07) is 13.4. The lowest BCUT2D eigenvalue weighted by Gasteiger charge is -2.21. The van der Waals surface area contributed by atoms with E-state index in [2.05, 4.69) is 4.90 Å². The molecule has 0 spiro atoms. The molecule has 140 valence electrons. The summed E-state index contributed by atoms with van der Waals surface area (Å²) in [6.07, 6.45) is 0.833. The second kappa shape index (κ2) is 7.74. The normalized spacial score (nSPS) is 15.9. The lowest BCUT2D eigenvalue weighted by Crippen LogP contribution is -2.34. The Morgan fingerprint density at radius 3 is 2.59 bits per heavy atom. The van der Waals surface area contributed by atoms with Gasteiger partial charge in [0.1, 0.15) is 11.6 Å². The van der Waals surface area contributed by atoms with Gasteiger partial charge in [-0.15, -0.1) is 11.3 Å². The average Bonchev–Trinajstić information content (AvgIpc) is 2.98. The number of fused-ring (bicyclic) bond motifs is 1. The molecule has 1 saturated heterocycles. The van der Waals surface area contributed by atoms with Gasteiger partial charge in [-0.1, -0.05) is 24.3 Å². The van der Waals surface area contributed by atoms with E-state index in [-0.39, 0.29) is 17.5 Å². The SMILES string of the molecule is O=C(c1cc2c(F)cccc2s1)N1CCCN(Cc2ccccc2F)CC1. The molecule has 1 amide bonds. The van der Waals surface area contributed by atoms with Crippen LogP contribution in [0.5, 0.6) is 0 Å². The Morgan fingerprint density at radius 1 is 0.963 bits per heavy atom. The number of carbonyl (C=O) groups excluding carboxylic acids is 1. The van der Waals surface area contributed by atoms with E-state index in [0.29, 0.717) is 42.0 Å². The molecule has 27 heavy (non-hydrogen) atoms. The summed E-state index contributed by atoms with van der Waals surface area (Å²) >= 11 is 1.33. The van der Waals surface area contributed by atoms with Gasteiger partial charge in [-0.2, -0.15) is 0 Å². The molecule has 1 fully saturated rings. The molecule has 2 aromatic carbocycles. The summed E-state index contributed by atoms with van der Waals surface area (Å²) in [4.78, 5) is 17.5. The fourth-order valence-corrected chi connectivity index (χ4v) is 4.53. The number of amides is 1. The summed E-state index contributed by atoms with van der Waals surface area (Å²) < 4.78 is 28.6. The number of nitrogens with zero attached hydrogens (tertiary/aromatic N) is 2. The highest BCUT2D eigenvalue weighted by atomic mass is 32.1. The van der Waals surface area contributed by atoms with Crippen LogP contribution in [0.3, 0.4) is 0 Å². The Labute approximate surface area is 160 Å². The van der Waals surface area contributed by atoms with Gasteiger partial charge >= 0.3 is 0 Å². The largest absolute Gasteiger partial charge is 0.337 e. The van der Waals surface area contributed by atoms with Crippen molar-refractivity contribution in [1.29, 1.82) is 0 Å². The molecule has 0 aliphatic carbocycles. The number of halogens is 2. The smallest absolute Gasteiger partial charge is 0.264 e.